The average molecular weight is 435 g/mol. The summed E-state index contributed by atoms with van der Waals surface area (Å²) in [5.41, 5.74) is 0.452. The summed E-state index contributed by atoms with van der Waals surface area (Å²) in [6, 6.07) is 11.3. The van der Waals surface area contributed by atoms with Gasteiger partial charge in [-0.2, -0.15) is 13.2 Å². The molecule has 0 saturated carbocycles. The van der Waals surface area contributed by atoms with Gasteiger partial charge in [-0.05, 0) is 30.3 Å². The molecule has 0 saturated heterocycles. The summed E-state index contributed by atoms with van der Waals surface area (Å²) in [5.74, 6) is -0.865. The number of aromatic nitrogens is 1. The Morgan fingerprint density at radius 3 is 2.47 bits per heavy atom. The van der Waals surface area contributed by atoms with Gasteiger partial charge in [0.2, 0.25) is 5.91 Å². The summed E-state index contributed by atoms with van der Waals surface area (Å²) in [5, 5.41) is 7.03. The molecule has 1 aromatic heterocycles. The van der Waals surface area contributed by atoms with E-state index >= 15 is 0 Å². The summed E-state index contributed by atoms with van der Waals surface area (Å²) < 4.78 is 43.4. The van der Waals surface area contributed by atoms with Gasteiger partial charge >= 0.3 is 6.18 Å². The fraction of sp³-hybridized carbons (Fsp3) is 0.150. The highest BCUT2D eigenvalue weighted by Crippen LogP contribution is 2.33. The van der Waals surface area contributed by atoms with Crippen LogP contribution in [0.1, 0.15) is 16.1 Å². The number of rotatable bonds is 6. The minimum Gasteiger partial charge on any atom is -0.375 e. The smallest absolute Gasteiger partial charge is 0.375 e. The lowest BCUT2D eigenvalue weighted by Crippen LogP contribution is -2.17. The van der Waals surface area contributed by atoms with E-state index in [2.05, 4.69) is 15.6 Å². The molecule has 30 heavy (non-hydrogen) atoms. The van der Waals surface area contributed by atoms with E-state index in [1.807, 2.05) is 0 Å². The molecule has 0 radical (unpaired) electrons. The standard InChI is InChI=1S/C20H16F3N3O3S/c1-29-10-17(27)24-14-6-3-7-15(9-14)25-18(28)16-11-30-19(26-16)12-4-2-5-13(8-12)20(21,22)23/h2-9,11H,10H2,1H3,(H,24,27)(H,25,28). The lowest BCUT2D eigenvalue weighted by Gasteiger charge is -2.08. The Morgan fingerprint density at radius 1 is 1.07 bits per heavy atom. The highest BCUT2D eigenvalue weighted by Gasteiger charge is 2.30. The van der Waals surface area contributed by atoms with Crippen LogP contribution in [0.3, 0.4) is 0 Å². The first-order valence-electron chi connectivity index (χ1n) is 8.59. The number of anilines is 2. The van der Waals surface area contributed by atoms with Crippen LogP contribution in [0.2, 0.25) is 0 Å². The van der Waals surface area contributed by atoms with Crippen molar-refractivity contribution < 1.29 is 27.5 Å². The Bertz CT molecular complexity index is 1070. The monoisotopic (exact) mass is 435 g/mol. The zero-order chi connectivity index (χ0) is 21.7. The molecule has 0 aliphatic carbocycles. The van der Waals surface area contributed by atoms with E-state index in [0.29, 0.717) is 16.4 Å². The van der Waals surface area contributed by atoms with Gasteiger partial charge in [0.25, 0.3) is 5.91 Å². The van der Waals surface area contributed by atoms with Crippen molar-refractivity contribution >= 4 is 34.5 Å². The number of alkyl halides is 3. The zero-order valence-corrected chi connectivity index (χ0v) is 16.4. The Morgan fingerprint density at radius 2 is 1.77 bits per heavy atom. The van der Waals surface area contributed by atoms with Crippen LogP contribution < -0.4 is 10.6 Å². The van der Waals surface area contributed by atoms with Gasteiger partial charge in [0, 0.05) is 29.4 Å². The molecule has 10 heteroatoms. The number of halogens is 3. The highest BCUT2D eigenvalue weighted by atomic mass is 32.1. The fourth-order valence-corrected chi connectivity index (χ4v) is 3.33. The minimum absolute atomic E-state index is 0.0706. The molecule has 0 atom stereocenters. The molecule has 0 fully saturated rings. The van der Waals surface area contributed by atoms with Crippen molar-refractivity contribution in [3.63, 3.8) is 0 Å². The van der Waals surface area contributed by atoms with Crippen LogP contribution in [0.4, 0.5) is 24.5 Å². The molecule has 0 spiro atoms. The number of hydrogen-bond donors (Lipinski definition) is 2. The average Bonchev–Trinajstić information content (AvgIpc) is 3.18. The van der Waals surface area contributed by atoms with E-state index < -0.39 is 17.6 Å². The second-order valence-electron chi connectivity index (χ2n) is 6.13. The second kappa shape index (κ2) is 9.06. The number of amides is 2. The van der Waals surface area contributed by atoms with E-state index in [-0.39, 0.29) is 23.8 Å². The molecule has 156 valence electrons. The number of thiazole rings is 1. The quantitative estimate of drug-likeness (QED) is 0.590. The number of carbonyl (C=O) groups excluding carboxylic acids is 2. The fourth-order valence-electron chi connectivity index (χ4n) is 2.54. The molecule has 2 aromatic carbocycles. The van der Waals surface area contributed by atoms with Gasteiger partial charge in [-0.3, -0.25) is 9.59 Å². The Kier molecular flexibility index (Phi) is 6.48. The number of nitrogens with zero attached hydrogens (tertiary/aromatic N) is 1. The second-order valence-corrected chi connectivity index (χ2v) is 6.99. The summed E-state index contributed by atoms with van der Waals surface area (Å²) in [6.07, 6.45) is -4.46. The molecule has 3 rings (SSSR count). The van der Waals surface area contributed by atoms with Gasteiger partial charge in [0.05, 0.1) is 5.56 Å². The van der Waals surface area contributed by atoms with Crippen LogP contribution in [0.15, 0.2) is 53.9 Å². The third kappa shape index (κ3) is 5.43. The van der Waals surface area contributed by atoms with Crippen LogP contribution in [-0.4, -0.2) is 30.5 Å². The molecule has 0 aliphatic rings. The molecular formula is C20H16F3N3O3S. The van der Waals surface area contributed by atoms with Gasteiger partial charge in [-0.15, -0.1) is 11.3 Å². The maximum Gasteiger partial charge on any atom is 0.416 e. The Balaban J connectivity index is 1.72. The molecule has 1 heterocycles. The van der Waals surface area contributed by atoms with E-state index in [4.69, 9.17) is 4.74 Å². The predicted molar refractivity (Wildman–Crippen MR) is 107 cm³/mol. The summed E-state index contributed by atoms with van der Waals surface area (Å²) in [6.45, 7) is -0.103. The number of nitrogens with one attached hydrogen (secondary N) is 2. The van der Waals surface area contributed by atoms with Gasteiger partial charge in [0.15, 0.2) is 0 Å². The van der Waals surface area contributed by atoms with Crippen molar-refractivity contribution in [3.8, 4) is 10.6 Å². The molecule has 0 bridgehead atoms. The van der Waals surface area contributed by atoms with Gasteiger partial charge < -0.3 is 15.4 Å². The van der Waals surface area contributed by atoms with Crippen molar-refractivity contribution in [2.24, 2.45) is 0 Å². The Hall–Kier alpha value is -3.24. The van der Waals surface area contributed by atoms with Crippen molar-refractivity contribution in [3.05, 3.63) is 65.2 Å². The van der Waals surface area contributed by atoms with Crippen molar-refractivity contribution in [1.82, 2.24) is 4.98 Å². The summed E-state index contributed by atoms with van der Waals surface area (Å²) >= 11 is 1.07. The van der Waals surface area contributed by atoms with E-state index in [9.17, 15) is 22.8 Å². The van der Waals surface area contributed by atoms with Crippen molar-refractivity contribution in [2.75, 3.05) is 24.4 Å². The first-order valence-corrected chi connectivity index (χ1v) is 9.47. The van der Waals surface area contributed by atoms with Crippen molar-refractivity contribution in [2.45, 2.75) is 6.18 Å². The maximum atomic E-state index is 12.9. The van der Waals surface area contributed by atoms with Gasteiger partial charge in [-0.1, -0.05) is 18.2 Å². The third-order valence-corrected chi connectivity index (χ3v) is 4.74. The normalized spacial score (nSPS) is 11.2. The molecule has 0 unspecified atom stereocenters. The van der Waals surface area contributed by atoms with Crippen LogP contribution in [0.5, 0.6) is 0 Å². The van der Waals surface area contributed by atoms with Gasteiger partial charge in [0.1, 0.15) is 17.3 Å². The van der Waals surface area contributed by atoms with E-state index in [1.165, 1.54) is 24.6 Å². The number of carbonyl (C=O) groups is 2. The largest absolute Gasteiger partial charge is 0.416 e. The van der Waals surface area contributed by atoms with E-state index in [0.717, 1.165) is 23.5 Å². The lowest BCUT2D eigenvalue weighted by atomic mass is 10.1. The van der Waals surface area contributed by atoms with Gasteiger partial charge in [-0.25, -0.2) is 4.98 Å². The molecule has 3 aromatic rings. The lowest BCUT2D eigenvalue weighted by molar-refractivity contribution is -0.137. The maximum absolute atomic E-state index is 12.9. The van der Waals surface area contributed by atoms with Crippen LogP contribution >= 0.6 is 11.3 Å². The first kappa shape index (κ1) is 21.5. The minimum atomic E-state index is -4.46. The molecule has 0 aliphatic heterocycles. The number of hydrogen-bond acceptors (Lipinski definition) is 5. The van der Waals surface area contributed by atoms with Crippen LogP contribution in [0, 0.1) is 0 Å². The third-order valence-electron chi connectivity index (χ3n) is 3.85. The topological polar surface area (TPSA) is 80.3 Å². The number of benzene rings is 2. The summed E-state index contributed by atoms with van der Waals surface area (Å²) in [4.78, 5) is 28.2. The molecule has 6 nitrogen and oxygen atoms in total. The van der Waals surface area contributed by atoms with Crippen LogP contribution in [0.25, 0.3) is 10.6 Å². The molecular weight excluding hydrogens is 419 g/mol. The molecule has 2 N–H and O–H groups in total. The number of methoxy groups -OCH3 is 1. The number of ether oxygens (including phenoxy) is 1. The van der Waals surface area contributed by atoms with Crippen molar-refractivity contribution in [1.29, 1.82) is 0 Å². The SMILES string of the molecule is COCC(=O)Nc1cccc(NC(=O)c2csc(-c3cccc(C(F)(F)F)c3)n2)c1. The predicted octanol–water partition coefficient (Wildman–Crippen LogP) is 4.67. The molecule has 2 amide bonds. The highest BCUT2D eigenvalue weighted by molar-refractivity contribution is 7.13. The summed E-state index contributed by atoms with van der Waals surface area (Å²) in [7, 11) is 1.40. The first-order chi connectivity index (χ1) is 14.3. The van der Waals surface area contributed by atoms with Crippen LogP contribution in [-0.2, 0) is 15.7 Å². The van der Waals surface area contributed by atoms with E-state index in [1.54, 1.807) is 24.3 Å². The zero-order valence-electron chi connectivity index (χ0n) is 15.6. The Labute approximate surface area is 173 Å².